The molecule has 0 saturated heterocycles. The van der Waals surface area contributed by atoms with Crippen LogP contribution in [0.3, 0.4) is 0 Å². The van der Waals surface area contributed by atoms with Gasteiger partial charge in [0.2, 0.25) is 0 Å². The van der Waals surface area contributed by atoms with E-state index < -0.39 is 0 Å². The van der Waals surface area contributed by atoms with Gasteiger partial charge in [0.05, 0.1) is 0 Å². The maximum atomic E-state index is 2.29. The fourth-order valence-electron chi connectivity index (χ4n) is 2.94. The third-order valence-electron chi connectivity index (χ3n) is 4.22. The summed E-state index contributed by atoms with van der Waals surface area (Å²) >= 11 is 0. The minimum absolute atomic E-state index is 1.21. The summed E-state index contributed by atoms with van der Waals surface area (Å²) in [4.78, 5) is 0. The van der Waals surface area contributed by atoms with Crippen molar-refractivity contribution in [2.24, 2.45) is 0 Å². The van der Waals surface area contributed by atoms with E-state index >= 15 is 0 Å². The van der Waals surface area contributed by atoms with Gasteiger partial charge in [0.25, 0.3) is 0 Å². The first-order valence-corrected chi connectivity index (χ1v) is 8.11. The number of hydrogen-bond donors (Lipinski definition) is 0. The Hall–Kier alpha value is -1.82. The zero-order chi connectivity index (χ0) is 14.5. The summed E-state index contributed by atoms with van der Waals surface area (Å²) in [5.41, 5.74) is 6.77. The Labute approximate surface area is 128 Å². The molecular weight excluding hydrogens is 252 g/mol. The van der Waals surface area contributed by atoms with Crippen molar-refractivity contribution < 1.29 is 0 Å². The molecule has 2 aromatic carbocycles. The topological polar surface area (TPSA) is 0 Å². The number of benzene rings is 2. The third-order valence-corrected chi connectivity index (χ3v) is 4.22. The summed E-state index contributed by atoms with van der Waals surface area (Å²) in [7, 11) is 0. The molecule has 0 aromatic heterocycles. The van der Waals surface area contributed by atoms with Crippen LogP contribution in [0.4, 0.5) is 0 Å². The highest BCUT2D eigenvalue weighted by Crippen LogP contribution is 2.33. The van der Waals surface area contributed by atoms with Crippen LogP contribution in [-0.4, -0.2) is 0 Å². The third kappa shape index (κ3) is 3.44. The Kier molecular flexibility index (Phi) is 4.55. The number of aryl methyl sites for hydroxylation is 1. The van der Waals surface area contributed by atoms with E-state index in [9.17, 15) is 0 Å². The van der Waals surface area contributed by atoms with Crippen LogP contribution in [0.2, 0.25) is 0 Å². The van der Waals surface area contributed by atoms with Gasteiger partial charge in [-0.2, -0.15) is 0 Å². The standard InChI is InChI=1S/C21H23/c1-2-3-4-5-8-17-11-13-18(14-12-17)21-15-19-9-6-7-10-20(19)16-21/h6-7,9-16H,2-5,8H2,1H3. The van der Waals surface area contributed by atoms with Crippen molar-refractivity contribution in [3.05, 3.63) is 77.2 Å². The molecule has 0 nitrogen and oxygen atoms in total. The predicted molar refractivity (Wildman–Crippen MR) is 92.0 cm³/mol. The second-order valence-corrected chi connectivity index (χ2v) is 5.88. The lowest BCUT2D eigenvalue weighted by Crippen LogP contribution is -1.88. The van der Waals surface area contributed by atoms with Crippen molar-refractivity contribution in [1.29, 1.82) is 0 Å². The van der Waals surface area contributed by atoms with Crippen LogP contribution in [0.25, 0.3) is 11.6 Å². The predicted octanol–water partition coefficient (Wildman–Crippen LogP) is 5.92. The first kappa shape index (κ1) is 14.1. The monoisotopic (exact) mass is 275 g/mol. The normalized spacial score (nSPS) is 13.1. The molecule has 0 amide bonds. The quantitative estimate of drug-likeness (QED) is 0.574. The maximum absolute atomic E-state index is 2.29. The Bertz CT molecular complexity index is 617. The molecule has 3 rings (SSSR count). The average Bonchev–Trinajstić information content (AvgIpc) is 2.96. The second-order valence-electron chi connectivity index (χ2n) is 5.88. The SMILES string of the molecule is CCCCCCc1ccc(C2=Cc3ccccc3[CH]2)cc1. The fraction of sp³-hybridized carbons (Fsp3) is 0.286. The van der Waals surface area contributed by atoms with Gasteiger partial charge in [-0.05, 0) is 40.7 Å². The van der Waals surface area contributed by atoms with Crippen LogP contribution in [0.15, 0.2) is 48.5 Å². The molecule has 21 heavy (non-hydrogen) atoms. The van der Waals surface area contributed by atoms with Crippen LogP contribution >= 0.6 is 0 Å². The molecule has 0 unspecified atom stereocenters. The molecule has 0 aliphatic heterocycles. The smallest absolute Gasteiger partial charge is 0.0211 e. The average molecular weight is 275 g/mol. The summed E-state index contributed by atoms with van der Waals surface area (Å²) in [6.45, 7) is 2.26. The van der Waals surface area contributed by atoms with E-state index in [1.807, 2.05) is 0 Å². The molecular formula is C21H23. The van der Waals surface area contributed by atoms with E-state index in [2.05, 4.69) is 68.0 Å². The summed E-state index contributed by atoms with van der Waals surface area (Å²) in [6.07, 6.45) is 11.1. The van der Waals surface area contributed by atoms with Gasteiger partial charge >= 0.3 is 0 Å². The Morgan fingerprint density at radius 1 is 0.762 bits per heavy atom. The number of fused-ring (bicyclic) bond motifs is 1. The van der Waals surface area contributed by atoms with Crippen molar-refractivity contribution in [2.45, 2.75) is 39.0 Å². The summed E-state index contributed by atoms with van der Waals surface area (Å²) in [5.74, 6) is 0. The summed E-state index contributed by atoms with van der Waals surface area (Å²) < 4.78 is 0. The van der Waals surface area contributed by atoms with Gasteiger partial charge in [-0.1, -0.05) is 80.8 Å². The van der Waals surface area contributed by atoms with Crippen molar-refractivity contribution >= 4 is 11.6 Å². The van der Waals surface area contributed by atoms with Crippen molar-refractivity contribution in [3.63, 3.8) is 0 Å². The number of unbranched alkanes of at least 4 members (excludes halogenated alkanes) is 3. The van der Waals surface area contributed by atoms with Gasteiger partial charge in [0.1, 0.15) is 0 Å². The van der Waals surface area contributed by atoms with E-state index in [0.717, 1.165) is 0 Å². The maximum Gasteiger partial charge on any atom is 0.0211 e. The molecule has 0 heteroatoms. The number of allylic oxidation sites excluding steroid dienone is 1. The first-order valence-electron chi connectivity index (χ1n) is 8.11. The molecule has 1 radical (unpaired) electrons. The van der Waals surface area contributed by atoms with E-state index in [1.165, 1.54) is 59.9 Å². The van der Waals surface area contributed by atoms with Crippen molar-refractivity contribution in [3.8, 4) is 0 Å². The zero-order valence-corrected chi connectivity index (χ0v) is 12.8. The summed E-state index contributed by atoms with van der Waals surface area (Å²) in [6, 6.07) is 17.7. The van der Waals surface area contributed by atoms with Crippen molar-refractivity contribution in [2.75, 3.05) is 0 Å². The number of hydrogen-bond acceptors (Lipinski definition) is 0. The van der Waals surface area contributed by atoms with E-state index in [0.29, 0.717) is 0 Å². The second kappa shape index (κ2) is 6.76. The summed E-state index contributed by atoms with van der Waals surface area (Å²) in [5, 5.41) is 0. The van der Waals surface area contributed by atoms with Gasteiger partial charge in [-0.25, -0.2) is 0 Å². The molecule has 0 bridgehead atoms. The molecule has 0 spiro atoms. The molecule has 0 saturated carbocycles. The van der Waals surface area contributed by atoms with E-state index in [-0.39, 0.29) is 0 Å². The molecule has 1 aliphatic rings. The number of rotatable bonds is 6. The van der Waals surface area contributed by atoms with Gasteiger partial charge in [-0.3, -0.25) is 0 Å². The first-order chi connectivity index (χ1) is 10.4. The Balaban J connectivity index is 1.63. The highest BCUT2D eigenvalue weighted by Gasteiger charge is 2.13. The zero-order valence-electron chi connectivity index (χ0n) is 12.8. The fourth-order valence-corrected chi connectivity index (χ4v) is 2.94. The molecule has 0 fully saturated rings. The minimum Gasteiger partial charge on any atom is -0.0654 e. The molecule has 2 aromatic rings. The molecule has 1 aliphatic carbocycles. The van der Waals surface area contributed by atoms with E-state index in [1.54, 1.807) is 0 Å². The van der Waals surface area contributed by atoms with Gasteiger partial charge in [0, 0.05) is 6.42 Å². The van der Waals surface area contributed by atoms with Crippen LogP contribution in [0, 0.1) is 6.42 Å². The molecule has 0 atom stereocenters. The van der Waals surface area contributed by atoms with Crippen molar-refractivity contribution in [1.82, 2.24) is 0 Å². The molecule has 0 N–H and O–H groups in total. The lowest BCUT2D eigenvalue weighted by molar-refractivity contribution is 0.667. The van der Waals surface area contributed by atoms with Gasteiger partial charge in [0.15, 0.2) is 0 Å². The minimum atomic E-state index is 1.21. The lowest BCUT2D eigenvalue weighted by Gasteiger charge is -2.05. The van der Waals surface area contributed by atoms with Crippen LogP contribution < -0.4 is 0 Å². The van der Waals surface area contributed by atoms with E-state index in [4.69, 9.17) is 0 Å². The van der Waals surface area contributed by atoms with Gasteiger partial charge < -0.3 is 0 Å². The molecule has 107 valence electrons. The highest BCUT2D eigenvalue weighted by molar-refractivity contribution is 5.94. The molecule has 0 heterocycles. The van der Waals surface area contributed by atoms with Crippen LogP contribution in [0.5, 0.6) is 0 Å². The lowest BCUT2D eigenvalue weighted by atomic mass is 10.00. The van der Waals surface area contributed by atoms with Crippen LogP contribution in [-0.2, 0) is 6.42 Å². The van der Waals surface area contributed by atoms with Gasteiger partial charge in [-0.15, -0.1) is 0 Å². The largest absolute Gasteiger partial charge is 0.0654 e. The van der Waals surface area contributed by atoms with Crippen LogP contribution in [0.1, 0.15) is 54.9 Å². The highest BCUT2D eigenvalue weighted by atomic mass is 14.2. The Morgan fingerprint density at radius 3 is 2.24 bits per heavy atom. The Morgan fingerprint density at radius 2 is 1.52 bits per heavy atom.